The lowest BCUT2D eigenvalue weighted by Gasteiger charge is -2.20. The van der Waals surface area contributed by atoms with E-state index < -0.39 is 0 Å². The van der Waals surface area contributed by atoms with E-state index in [0.29, 0.717) is 6.54 Å². The van der Waals surface area contributed by atoms with Crippen molar-refractivity contribution in [2.24, 2.45) is 11.8 Å². The number of likely N-dealkylation sites (tertiary alicyclic amines) is 1. The van der Waals surface area contributed by atoms with Crippen molar-refractivity contribution in [2.75, 3.05) is 6.54 Å². The Balaban J connectivity index is 1.97. The van der Waals surface area contributed by atoms with Gasteiger partial charge in [-0.05, 0) is 26.3 Å². The molecule has 4 unspecified atom stereocenters. The van der Waals surface area contributed by atoms with Crippen LogP contribution in [0.5, 0.6) is 0 Å². The fraction of sp³-hybridized carbons (Fsp3) is 0.500. The molecule has 4 heteroatoms. The van der Waals surface area contributed by atoms with Crippen LogP contribution in [0.2, 0.25) is 0 Å². The zero-order chi connectivity index (χ0) is 14.4. The van der Waals surface area contributed by atoms with Crippen LogP contribution in [0.3, 0.4) is 0 Å². The lowest BCUT2D eigenvalue weighted by Crippen LogP contribution is -2.38. The third-order valence-corrected chi connectivity index (χ3v) is 4.58. The molecule has 2 saturated heterocycles. The summed E-state index contributed by atoms with van der Waals surface area (Å²) in [5.74, 6) is -0.504. The number of hydrogen-bond donors (Lipinski definition) is 1. The molecule has 1 N–H and O–H groups in total. The normalized spacial score (nSPS) is 32.9. The molecule has 2 aliphatic heterocycles. The first-order valence-corrected chi connectivity index (χ1v) is 7.22. The number of rotatable bonds is 2. The van der Waals surface area contributed by atoms with Gasteiger partial charge in [0.25, 0.3) is 0 Å². The molecule has 0 radical (unpaired) electrons. The summed E-state index contributed by atoms with van der Waals surface area (Å²) in [6.45, 7) is 6.37. The van der Waals surface area contributed by atoms with Crippen LogP contribution in [0.1, 0.15) is 31.0 Å². The molecule has 2 heterocycles. The Morgan fingerprint density at radius 1 is 1.10 bits per heavy atom. The van der Waals surface area contributed by atoms with Gasteiger partial charge in [-0.25, -0.2) is 0 Å². The first kappa shape index (κ1) is 13.3. The zero-order valence-electron chi connectivity index (χ0n) is 12.1. The summed E-state index contributed by atoms with van der Waals surface area (Å²) in [5.41, 5.74) is 2.29. The van der Waals surface area contributed by atoms with Gasteiger partial charge in [0.1, 0.15) is 0 Å². The highest BCUT2D eigenvalue weighted by molar-refractivity contribution is 6.06. The summed E-state index contributed by atoms with van der Waals surface area (Å²) in [6.07, 6.45) is 0. The predicted octanol–water partition coefficient (Wildman–Crippen LogP) is 1.65. The number of amides is 2. The average molecular weight is 272 g/mol. The Hall–Kier alpha value is -1.68. The maximum absolute atomic E-state index is 12.5. The van der Waals surface area contributed by atoms with E-state index in [2.05, 4.69) is 17.4 Å². The molecule has 106 valence electrons. The van der Waals surface area contributed by atoms with E-state index in [9.17, 15) is 9.59 Å². The maximum Gasteiger partial charge on any atom is 0.235 e. The highest BCUT2D eigenvalue weighted by atomic mass is 16.2. The van der Waals surface area contributed by atoms with Crippen LogP contribution in [0, 0.1) is 18.8 Å². The number of hydrogen-bond acceptors (Lipinski definition) is 3. The maximum atomic E-state index is 12.5. The van der Waals surface area contributed by atoms with Crippen molar-refractivity contribution in [3.8, 4) is 0 Å². The van der Waals surface area contributed by atoms with Gasteiger partial charge in [-0.15, -0.1) is 0 Å². The third kappa shape index (κ3) is 1.79. The zero-order valence-corrected chi connectivity index (χ0v) is 12.1. The van der Waals surface area contributed by atoms with Gasteiger partial charge in [0, 0.05) is 18.6 Å². The Kier molecular flexibility index (Phi) is 3.13. The standard InChI is InChI=1S/C16H20N2O2/c1-4-18-15(19)12-10(3)17-14(13(12)16(18)20)11-7-5-9(2)6-8-11/h5-8,10,12-14,17H,4H2,1-3H3. The van der Waals surface area contributed by atoms with Crippen LogP contribution in [0.25, 0.3) is 0 Å². The molecular weight excluding hydrogens is 252 g/mol. The number of nitrogens with zero attached hydrogens (tertiary/aromatic N) is 1. The predicted molar refractivity (Wildman–Crippen MR) is 75.9 cm³/mol. The second-order valence-electron chi connectivity index (χ2n) is 5.82. The van der Waals surface area contributed by atoms with Crippen molar-refractivity contribution in [1.29, 1.82) is 0 Å². The van der Waals surface area contributed by atoms with Gasteiger partial charge in [-0.1, -0.05) is 29.8 Å². The largest absolute Gasteiger partial charge is 0.306 e. The second kappa shape index (κ2) is 4.70. The minimum absolute atomic E-state index is 0.0166. The Morgan fingerprint density at radius 3 is 2.30 bits per heavy atom. The molecule has 0 saturated carbocycles. The molecule has 0 aromatic heterocycles. The molecule has 4 atom stereocenters. The number of aryl methyl sites for hydroxylation is 1. The van der Waals surface area contributed by atoms with Crippen LogP contribution in [0.15, 0.2) is 24.3 Å². The van der Waals surface area contributed by atoms with E-state index in [4.69, 9.17) is 0 Å². The van der Waals surface area contributed by atoms with Crippen LogP contribution < -0.4 is 5.32 Å². The minimum Gasteiger partial charge on any atom is -0.306 e. The quantitative estimate of drug-likeness (QED) is 0.833. The smallest absolute Gasteiger partial charge is 0.235 e. The van der Waals surface area contributed by atoms with Gasteiger partial charge < -0.3 is 5.32 Å². The molecule has 1 aromatic carbocycles. The Labute approximate surface area is 119 Å². The summed E-state index contributed by atoms with van der Waals surface area (Å²) < 4.78 is 0. The van der Waals surface area contributed by atoms with E-state index >= 15 is 0 Å². The first-order valence-electron chi connectivity index (χ1n) is 7.22. The monoisotopic (exact) mass is 272 g/mol. The molecule has 2 fully saturated rings. The summed E-state index contributed by atoms with van der Waals surface area (Å²) in [5, 5.41) is 3.43. The summed E-state index contributed by atoms with van der Waals surface area (Å²) in [7, 11) is 0. The van der Waals surface area contributed by atoms with Gasteiger partial charge in [0.2, 0.25) is 11.8 Å². The molecule has 4 nitrogen and oxygen atoms in total. The lowest BCUT2D eigenvalue weighted by atomic mass is 9.87. The molecule has 0 aliphatic carbocycles. The van der Waals surface area contributed by atoms with Crippen molar-refractivity contribution in [1.82, 2.24) is 10.2 Å². The van der Waals surface area contributed by atoms with Gasteiger partial charge >= 0.3 is 0 Å². The topological polar surface area (TPSA) is 49.4 Å². The molecule has 20 heavy (non-hydrogen) atoms. The summed E-state index contributed by atoms with van der Waals surface area (Å²) in [6, 6.07) is 8.19. The van der Waals surface area contributed by atoms with E-state index in [1.165, 1.54) is 10.5 Å². The van der Waals surface area contributed by atoms with Crippen LogP contribution in [0.4, 0.5) is 0 Å². The van der Waals surface area contributed by atoms with Crippen molar-refractivity contribution in [2.45, 2.75) is 32.9 Å². The van der Waals surface area contributed by atoms with Gasteiger partial charge in [-0.2, -0.15) is 0 Å². The number of carbonyl (C=O) groups excluding carboxylic acids is 2. The van der Waals surface area contributed by atoms with E-state index in [1.54, 1.807) is 0 Å². The molecule has 1 aromatic rings. The molecular formula is C16H20N2O2. The summed E-state index contributed by atoms with van der Waals surface area (Å²) >= 11 is 0. The first-order chi connectivity index (χ1) is 9.54. The van der Waals surface area contributed by atoms with Crippen molar-refractivity contribution < 1.29 is 9.59 Å². The summed E-state index contributed by atoms with van der Waals surface area (Å²) in [4.78, 5) is 26.2. The number of carbonyl (C=O) groups is 2. The van der Waals surface area contributed by atoms with E-state index in [1.807, 2.05) is 32.9 Å². The van der Waals surface area contributed by atoms with Gasteiger partial charge in [-0.3, -0.25) is 14.5 Å². The van der Waals surface area contributed by atoms with Gasteiger partial charge in [0.15, 0.2) is 0 Å². The second-order valence-corrected chi connectivity index (χ2v) is 5.82. The molecule has 0 bridgehead atoms. The SMILES string of the molecule is CCN1C(=O)C2C(C)NC(c3ccc(C)cc3)C2C1=O. The number of benzene rings is 1. The fourth-order valence-electron chi connectivity index (χ4n) is 3.53. The van der Waals surface area contributed by atoms with Gasteiger partial charge in [0.05, 0.1) is 11.8 Å². The molecule has 3 rings (SSSR count). The number of nitrogens with one attached hydrogen (secondary N) is 1. The van der Waals surface area contributed by atoms with E-state index in [-0.39, 0.29) is 35.7 Å². The number of fused-ring (bicyclic) bond motifs is 1. The highest BCUT2D eigenvalue weighted by Gasteiger charge is 2.57. The van der Waals surface area contributed by atoms with E-state index in [0.717, 1.165) is 5.56 Å². The van der Waals surface area contributed by atoms with Crippen molar-refractivity contribution >= 4 is 11.8 Å². The molecule has 0 spiro atoms. The Bertz CT molecular complexity index is 552. The van der Waals surface area contributed by atoms with Crippen LogP contribution >= 0.6 is 0 Å². The van der Waals surface area contributed by atoms with Crippen LogP contribution in [-0.2, 0) is 9.59 Å². The molecule has 2 aliphatic rings. The third-order valence-electron chi connectivity index (χ3n) is 4.58. The lowest BCUT2D eigenvalue weighted by molar-refractivity contribution is -0.140. The Morgan fingerprint density at radius 2 is 1.70 bits per heavy atom. The highest BCUT2D eigenvalue weighted by Crippen LogP contribution is 2.43. The van der Waals surface area contributed by atoms with Crippen molar-refractivity contribution in [3.63, 3.8) is 0 Å². The van der Waals surface area contributed by atoms with Crippen molar-refractivity contribution in [3.05, 3.63) is 35.4 Å². The molecule has 2 amide bonds. The average Bonchev–Trinajstić information content (AvgIpc) is 2.89. The fourth-order valence-corrected chi connectivity index (χ4v) is 3.53. The number of imide groups is 1. The minimum atomic E-state index is -0.250. The van der Waals surface area contributed by atoms with Crippen LogP contribution in [-0.4, -0.2) is 29.3 Å².